The smallest absolute Gasteiger partial charge is 0.336 e. The minimum Gasteiger partial charge on any atom is -0.479 e. The number of aliphatic carboxylic acids is 1. The van der Waals surface area contributed by atoms with Crippen LogP contribution >= 0.6 is 15.9 Å². The number of hydrogen-bond acceptors (Lipinski definition) is 8. The van der Waals surface area contributed by atoms with Crippen molar-refractivity contribution in [2.45, 2.75) is 43.8 Å². The molecule has 3 aromatic heterocycles. The van der Waals surface area contributed by atoms with Gasteiger partial charge in [0.15, 0.2) is 11.2 Å². The van der Waals surface area contributed by atoms with Crippen molar-refractivity contribution in [3.05, 3.63) is 65.0 Å². The summed E-state index contributed by atoms with van der Waals surface area (Å²) in [6.45, 7) is 3.16. The number of nitrogen functional groups attached to an aromatic ring is 1. The van der Waals surface area contributed by atoms with Crippen molar-refractivity contribution in [3.8, 4) is 22.4 Å². The summed E-state index contributed by atoms with van der Waals surface area (Å²) in [5, 5.41) is 14.8. The second kappa shape index (κ2) is 11.8. The number of carboxylic acid groups (broad SMARTS) is 1. The van der Waals surface area contributed by atoms with Crippen LogP contribution in [0.25, 0.3) is 28.0 Å². The van der Waals surface area contributed by atoms with Crippen molar-refractivity contribution in [3.63, 3.8) is 0 Å². The molecule has 41 heavy (non-hydrogen) atoms. The maximum Gasteiger partial charge on any atom is 0.336 e. The molecule has 1 aromatic carbocycles. The average molecular weight is 622 g/mol. The number of carboxylic acids is 1. The van der Waals surface area contributed by atoms with Gasteiger partial charge in [-0.15, -0.1) is 0 Å². The van der Waals surface area contributed by atoms with E-state index in [0.29, 0.717) is 54.2 Å². The minimum absolute atomic E-state index is 0.369. The van der Waals surface area contributed by atoms with Gasteiger partial charge in [-0.25, -0.2) is 9.78 Å². The van der Waals surface area contributed by atoms with Crippen molar-refractivity contribution in [2.75, 3.05) is 38.6 Å². The molecule has 2 fully saturated rings. The number of carbonyl (C=O) groups is 1. The van der Waals surface area contributed by atoms with Gasteiger partial charge in [-0.2, -0.15) is 9.61 Å². The quantitative estimate of drug-likeness (QED) is 0.280. The Morgan fingerprint density at radius 2 is 1.83 bits per heavy atom. The number of rotatable bonds is 8. The van der Waals surface area contributed by atoms with Crippen LogP contribution in [0.4, 0.5) is 5.82 Å². The van der Waals surface area contributed by atoms with E-state index in [1.807, 2.05) is 48.7 Å². The van der Waals surface area contributed by atoms with Gasteiger partial charge in [0, 0.05) is 42.5 Å². The van der Waals surface area contributed by atoms with Crippen LogP contribution in [0.5, 0.6) is 0 Å². The number of halogens is 1. The highest BCUT2D eigenvalue weighted by Gasteiger charge is 2.44. The third-order valence-corrected chi connectivity index (χ3v) is 8.86. The van der Waals surface area contributed by atoms with Crippen LogP contribution in [-0.2, 0) is 14.3 Å². The average Bonchev–Trinajstić information content (AvgIpc) is 3.44. The molecule has 3 N–H and O–H groups in total. The van der Waals surface area contributed by atoms with Gasteiger partial charge in [-0.1, -0.05) is 42.8 Å². The highest BCUT2D eigenvalue weighted by Crippen LogP contribution is 2.40. The van der Waals surface area contributed by atoms with Gasteiger partial charge in [0.25, 0.3) is 0 Å². The number of nitrogens with zero attached hydrogens (tertiary/aromatic N) is 5. The van der Waals surface area contributed by atoms with Crippen LogP contribution in [0.15, 0.2) is 59.3 Å². The lowest BCUT2D eigenvalue weighted by molar-refractivity contribution is -0.183. The monoisotopic (exact) mass is 620 g/mol. The number of pyridine rings is 1. The third kappa shape index (κ3) is 5.59. The van der Waals surface area contributed by atoms with Crippen LogP contribution < -0.4 is 5.73 Å². The van der Waals surface area contributed by atoms with Gasteiger partial charge < -0.3 is 20.3 Å². The molecule has 1 aliphatic carbocycles. The number of fused-ring (bicyclic) bond motifs is 1. The number of morpholine rings is 1. The van der Waals surface area contributed by atoms with Gasteiger partial charge >= 0.3 is 5.97 Å². The number of ether oxygens (including phenoxy) is 2. The molecule has 4 heterocycles. The summed E-state index contributed by atoms with van der Waals surface area (Å²) in [6, 6.07) is 14.0. The highest BCUT2D eigenvalue weighted by molar-refractivity contribution is 9.10. The Balaban J connectivity index is 1.41. The first-order valence-electron chi connectivity index (χ1n) is 14.0. The molecule has 1 saturated carbocycles. The molecule has 1 aliphatic heterocycles. The summed E-state index contributed by atoms with van der Waals surface area (Å²) in [4.78, 5) is 24.5. The van der Waals surface area contributed by atoms with Gasteiger partial charge in [0.2, 0.25) is 0 Å². The Bertz CT molecular complexity index is 1520. The van der Waals surface area contributed by atoms with E-state index in [1.54, 1.807) is 10.7 Å². The molecule has 4 aromatic rings. The molecule has 11 heteroatoms. The van der Waals surface area contributed by atoms with E-state index in [0.717, 1.165) is 54.7 Å². The summed E-state index contributed by atoms with van der Waals surface area (Å²) in [7, 11) is 0. The fraction of sp³-hybridized carbons (Fsp3) is 0.400. The van der Waals surface area contributed by atoms with Gasteiger partial charge in [-0.3, -0.25) is 9.88 Å². The lowest BCUT2D eigenvalue weighted by Gasteiger charge is -2.38. The highest BCUT2D eigenvalue weighted by atomic mass is 79.9. The van der Waals surface area contributed by atoms with Crippen LogP contribution in [0.1, 0.15) is 43.9 Å². The Kier molecular flexibility index (Phi) is 8.03. The zero-order valence-electron chi connectivity index (χ0n) is 22.7. The van der Waals surface area contributed by atoms with Gasteiger partial charge in [0.1, 0.15) is 11.9 Å². The number of benzene rings is 1. The van der Waals surface area contributed by atoms with Crippen molar-refractivity contribution in [1.29, 1.82) is 0 Å². The van der Waals surface area contributed by atoms with E-state index in [1.165, 1.54) is 0 Å². The molecule has 1 unspecified atom stereocenters. The number of nitrogens with two attached hydrogens (primary N) is 1. The largest absolute Gasteiger partial charge is 0.479 e. The van der Waals surface area contributed by atoms with Crippen LogP contribution in [0, 0.1) is 0 Å². The van der Waals surface area contributed by atoms with Gasteiger partial charge in [0.05, 0.1) is 35.3 Å². The first-order valence-corrected chi connectivity index (χ1v) is 14.8. The molecule has 1 saturated heterocycles. The fourth-order valence-corrected chi connectivity index (χ4v) is 6.25. The predicted octanol–water partition coefficient (Wildman–Crippen LogP) is 4.98. The summed E-state index contributed by atoms with van der Waals surface area (Å²) < 4.78 is 14.3. The minimum atomic E-state index is -1.27. The summed E-state index contributed by atoms with van der Waals surface area (Å²) in [6.07, 6.45) is 6.46. The first-order chi connectivity index (χ1) is 19.9. The van der Waals surface area contributed by atoms with Crippen LogP contribution in [-0.4, -0.2) is 74.0 Å². The Hall–Kier alpha value is -3.38. The second-order valence-electron chi connectivity index (χ2n) is 10.7. The standard InChI is InChI=1S/C30H33BrN6O4/c31-25-26(24(19-36-13-15-40-16-14-36)41-30(29(38)39)11-5-2-6-12-30)35-28-22(18-34-37(28)27(25)32)21-9-10-23(33-17-21)20-7-3-1-4-8-20/h1,3-4,7-10,17-18,24H,2,5-6,11-16,19,32H2,(H,38,39). The molecule has 0 radical (unpaired) electrons. The van der Waals surface area contributed by atoms with E-state index in [4.69, 9.17) is 20.2 Å². The first kappa shape index (κ1) is 27.8. The second-order valence-corrected chi connectivity index (χ2v) is 11.5. The molecular weight excluding hydrogens is 588 g/mol. The Morgan fingerprint density at radius 1 is 1.07 bits per heavy atom. The van der Waals surface area contributed by atoms with Crippen molar-refractivity contribution >= 4 is 33.4 Å². The number of hydrogen-bond donors (Lipinski definition) is 2. The van der Waals surface area contributed by atoms with E-state index in [-0.39, 0.29) is 0 Å². The van der Waals surface area contributed by atoms with Gasteiger partial charge in [-0.05, 0) is 47.7 Å². The topological polar surface area (TPSA) is 128 Å². The van der Waals surface area contributed by atoms with Crippen molar-refractivity contribution in [2.24, 2.45) is 0 Å². The van der Waals surface area contributed by atoms with Crippen molar-refractivity contribution < 1.29 is 19.4 Å². The zero-order valence-corrected chi connectivity index (χ0v) is 24.3. The summed E-state index contributed by atoms with van der Waals surface area (Å²) >= 11 is 3.66. The number of aromatic nitrogens is 4. The summed E-state index contributed by atoms with van der Waals surface area (Å²) in [5.74, 6) is -0.558. The van der Waals surface area contributed by atoms with Crippen LogP contribution in [0.3, 0.4) is 0 Å². The normalized spacial score (nSPS) is 18.4. The van der Waals surface area contributed by atoms with Crippen LogP contribution in [0.2, 0.25) is 0 Å². The molecule has 6 rings (SSSR count). The van der Waals surface area contributed by atoms with E-state index < -0.39 is 17.7 Å². The lowest BCUT2D eigenvalue weighted by Crippen LogP contribution is -2.47. The fourth-order valence-electron chi connectivity index (χ4n) is 5.74. The summed E-state index contributed by atoms with van der Waals surface area (Å²) in [5.41, 5.74) is 9.97. The molecule has 0 spiro atoms. The van der Waals surface area contributed by atoms with E-state index in [9.17, 15) is 9.90 Å². The van der Waals surface area contributed by atoms with E-state index in [2.05, 4.69) is 30.9 Å². The molecule has 0 bridgehead atoms. The number of anilines is 1. The zero-order chi connectivity index (χ0) is 28.4. The molecule has 0 amide bonds. The Morgan fingerprint density at radius 3 is 2.51 bits per heavy atom. The Labute approximate surface area is 246 Å². The molecule has 2 aliphatic rings. The SMILES string of the molecule is Nc1c(Br)c(C(CN2CCOCC2)OC2(C(=O)O)CCCCC2)nc2c(-c3ccc(-c4ccccc4)nc3)cnn12. The van der Waals surface area contributed by atoms with E-state index >= 15 is 0 Å². The predicted molar refractivity (Wildman–Crippen MR) is 158 cm³/mol. The third-order valence-electron chi connectivity index (χ3n) is 8.04. The lowest BCUT2D eigenvalue weighted by atomic mass is 9.84. The maximum absolute atomic E-state index is 12.6. The molecule has 10 nitrogen and oxygen atoms in total. The molecule has 1 atom stereocenters. The molecule has 214 valence electrons. The van der Waals surface area contributed by atoms with Crippen molar-refractivity contribution in [1.82, 2.24) is 24.5 Å². The molecular formula is C30H33BrN6O4. The maximum atomic E-state index is 12.6.